The molecule has 3 nitrogen and oxygen atoms in total. The van der Waals surface area contributed by atoms with E-state index in [1.165, 1.54) is 18.4 Å². The first kappa shape index (κ1) is 11.1. The molecule has 0 spiro atoms. The van der Waals surface area contributed by atoms with E-state index in [2.05, 4.69) is 5.32 Å². The number of piperidine rings is 1. The lowest BCUT2D eigenvalue weighted by Gasteiger charge is -2.34. The summed E-state index contributed by atoms with van der Waals surface area (Å²) in [5, 5.41) is 23.0. The zero-order valence-corrected chi connectivity index (χ0v) is 9.84. The molecule has 92 valence electrons. The minimum atomic E-state index is -0.178. The third kappa shape index (κ3) is 2.17. The molecular formula is C14H19NO2. The van der Waals surface area contributed by atoms with E-state index in [9.17, 15) is 10.2 Å². The summed E-state index contributed by atoms with van der Waals surface area (Å²) in [5.41, 5.74) is 1.19. The van der Waals surface area contributed by atoms with Crippen molar-refractivity contribution >= 4 is 0 Å². The highest BCUT2D eigenvalue weighted by Crippen LogP contribution is 2.33. The van der Waals surface area contributed by atoms with Gasteiger partial charge in [0.1, 0.15) is 5.75 Å². The largest absolute Gasteiger partial charge is 0.508 e. The van der Waals surface area contributed by atoms with Crippen LogP contribution in [0.1, 0.15) is 24.8 Å². The molecule has 2 heterocycles. The Kier molecular flexibility index (Phi) is 2.81. The maximum absolute atomic E-state index is 10.2. The fourth-order valence-corrected chi connectivity index (χ4v) is 3.29. The van der Waals surface area contributed by atoms with Crippen molar-refractivity contribution in [2.24, 2.45) is 5.92 Å². The lowest BCUT2D eigenvalue weighted by atomic mass is 9.84. The van der Waals surface area contributed by atoms with E-state index in [0.717, 1.165) is 12.8 Å². The van der Waals surface area contributed by atoms with Crippen LogP contribution < -0.4 is 5.32 Å². The van der Waals surface area contributed by atoms with Gasteiger partial charge in [-0.1, -0.05) is 12.1 Å². The average Bonchev–Trinajstić information content (AvgIpc) is 2.71. The number of nitrogens with one attached hydrogen (secondary N) is 1. The Hall–Kier alpha value is -1.06. The van der Waals surface area contributed by atoms with Gasteiger partial charge in [-0.25, -0.2) is 0 Å². The van der Waals surface area contributed by atoms with Crippen molar-refractivity contribution in [2.75, 3.05) is 0 Å². The molecule has 2 fully saturated rings. The summed E-state index contributed by atoms with van der Waals surface area (Å²) < 4.78 is 0. The molecular weight excluding hydrogens is 214 g/mol. The summed E-state index contributed by atoms with van der Waals surface area (Å²) in [6, 6.07) is 8.33. The SMILES string of the molecule is Oc1ccc(CC2C(O)CC3CCC2N3)cc1. The van der Waals surface area contributed by atoms with Crippen molar-refractivity contribution in [1.82, 2.24) is 5.32 Å². The molecule has 0 aliphatic carbocycles. The predicted molar refractivity (Wildman–Crippen MR) is 65.9 cm³/mol. The van der Waals surface area contributed by atoms with Crippen molar-refractivity contribution in [1.29, 1.82) is 0 Å². The Bertz CT molecular complexity index is 390. The molecule has 4 unspecified atom stereocenters. The molecule has 1 aromatic carbocycles. The lowest BCUT2D eigenvalue weighted by molar-refractivity contribution is 0.0525. The third-order valence-corrected chi connectivity index (χ3v) is 4.22. The lowest BCUT2D eigenvalue weighted by Crippen LogP contribution is -2.48. The summed E-state index contributed by atoms with van der Waals surface area (Å²) in [6.45, 7) is 0. The van der Waals surface area contributed by atoms with E-state index in [0.29, 0.717) is 23.8 Å². The second-order valence-corrected chi connectivity index (χ2v) is 5.38. The van der Waals surface area contributed by atoms with Crippen LogP contribution in [0, 0.1) is 5.92 Å². The van der Waals surface area contributed by atoms with Crippen molar-refractivity contribution in [3.05, 3.63) is 29.8 Å². The van der Waals surface area contributed by atoms with Crippen LogP contribution in [0.5, 0.6) is 5.75 Å². The van der Waals surface area contributed by atoms with Gasteiger partial charge in [0, 0.05) is 18.0 Å². The van der Waals surface area contributed by atoms with Crippen LogP contribution in [0.15, 0.2) is 24.3 Å². The maximum atomic E-state index is 10.2. The third-order valence-electron chi connectivity index (χ3n) is 4.22. The number of rotatable bonds is 2. The Labute approximate surface area is 101 Å². The van der Waals surface area contributed by atoms with Gasteiger partial charge in [-0.05, 0) is 43.4 Å². The second-order valence-electron chi connectivity index (χ2n) is 5.38. The predicted octanol–water partition coefficient (Wildman–Crippen LogP) is 1.44. The molecule has 17 heavy (non-hydrogen) atoms. The number of aliphatic hydroxyl groups excluding tert-OH is 1. The normalized spacial score (nSPS) is 36.1. The highest BCUT2D eigenvalue weighted by atomic mass is 16.3. The number of phenols is 1. The molecule has 0 saturated carbocycles. The van der Waals surface area contributed by atoms with Crippen LogP contribution in [0.4, 0.5) is 0 Å². The average molecular weight is 233 g/mol. The molecule has 4 atom stereocenters. The molecule has 1 aromatic rings. The van der Waals surface area contributed by atoms with Gasteiger partial charge in [0.25, 0.3) is 0 Å². The number of hydrogen-bond donors (Lipinski definition) is 3. The Balaban J connectivity index is 1.73. The van der Waals surface area contributed by atoms with E-state index in [4.69, 9.17) is 0 Å². The summed E-state index contributed by atoms with van der Waals surface area (Å²) in [5.74, 6) is 0.621. The summed E-state index contributed by atoms with van der Waals surface area (Å²) >= 11 is 0. The Morgan fingerprint density at radius 2 is 1.94 bits per heavy atom. The molecule has 2 saturated heterocycles. The van der Waals surface area contributed by atoms with E-state index >= 15 is 0 Å². The molecule has 0 radical (unpaired) electrons. The zero-order chi connectivity index (χ0) is 11.8. The second kappa shape index (κ2) is 4.31. The van der Waals surface area contributed by atoms with Crippen LogP contribution in [-0.4, -0.2) is 28.4 Å². The van der Waals surface area contributed by atoms with Gasteiger partial charge in [-0.2, -0.15) is 0 Å². The summed E-state index contributed by atoms with van der Waals surface area (Å²) in [4.78, 5) is 0. The number of fused-ring (bicyclic) bond motifs is 2. The topological polar surface area (TPSA) is 52.5 Å². The molecule has 3 rings (SSSR count). The standard InChI is InChI=1S/C14H19NO2/c16-11-4-1-9(2-5-11)7-12-13-6-3-10(15-13)8-14(12)17/h1-2,4-5,10,12-17H,3,6-8H2. The highest BCUT2D eigenvalue weighted by molar-refractivity contribution is 5.26. The van der Waals surface area contributed by atoms with E-state index < -0.39 is 0 Å². The van der Waals surface area contributed by atoms with Crippen LogP contribution in [-0.2, 0) is 6.42 Å². The van der Waals surface area contributed by atoms with Crippen LogP contribution >= 0.6 is 0 Å². The number of benzene rings is 1. The van der Waals surface area contributed by atoms with E-state index in [1.807, 2.05) is 12.1 Å². The molecule has 3 heteroatoms. The summed E-state index contributed by atoms with van der Waals surface area (Å²) in [6.07, 6.45) is 3.99. The molecule has 2 aliphatic heterocycles. The van der Waals surface area contributed by atoms with Crippen LogP contribution in [0.3, 0.4) is 0 Å². The van der Waals surface area contributed by atoms with Crippen molar-refractivity contribution in [3.63, 3.8) is 0 Å². The van der Waals surface area contributed by atoms with Gasteiger partial charge < -0.3 is 15.5 Å². The zero-order valence-electron chi connectivity index (χ0n) is 9.84. The quantitative estimate of drug-likeness (QED) is 0.724. The van der Waals surface area contributed by atoms with Gasteiger partial charge in [0.15, 0.2) is 0 Å². The first-order valence-electron chi connectivity index (χ1n) is 6.44. The molecule has 2 bridgehead atoms. The van der Waals surface area contributed by atoms with Crippen molar-refractivity contribution in [3.8, 4) is 5.75 Å². The first-order valence-corrected chi connectivity index (χ1v) is 6.44. The van der Waals surface area contributed by atoms with Crippen LogP contribution in [0.2, 0.25) is 0 Å². The number of aromatic hydroxyl groups is 1. The van der Waals surface area contributed by atoms with E-state index in [1.54, 1.807) is 12.1 Å². The number of phenolic OH excluding ortho intramolecular Hbond substituents is 1. The molecule has 0 amide bonds. The van der Waals surface area contributed by atoms with Crippen molar-refractivity contribution < 1.29 is 10.2 Å². The van der Waals surface area contributed by atoms with Crippen LogP contribution in [0.25, 0.3) is 0 Å². The van der Waals surface area contributed by atoms with Gasteiger partial charge in [0.05, 0.1) is 6.10 Å². The maximum Gasteiger partial charge on any atom is 0.115 e. The smallest absolute Gasteiger partial charge is 0.115 e. The van der Waals surface area contributed by atoms with Gasteiger partial charge in [0.2, 0.25) is 0 Å². The monoisotopic (exact) mass is 233 g/mol. The molecule has 3 N–H and O–H groups in total. The fourth-order valence-electron chi connectivity index (χ4n) is 3.29. The number of hydrogen-bond acceptors (Lipinski definition) is 3. The van der Waals surface area contributed by atoms with Gasteiger partial charge >= 0.3 is 0 Å². The Morgan fingerprint density at radius 3 is 2.71 bits per heavy atom. The van der Waals surface area contributed by atoms with Crippen molar-refractivity contribution in [2.45, 2.75) is 43.9 Å². The molecule has 0 aromatic heterocycles. The minimum absolute atomic E-state index is 0.178. The summed E-state index contributed by atoms with van der Waals surface area (Å²) in [7, 11) is 0. The number of aliphatic hydroxyl groups is 1. The van der Waals surface area contributed by atoms with Gasteiger partial charge in [-0.15, -0.1) is 0 Å². The van der Waals surface area contributed by atoms with E-state index in [-0.39, 0.29) is 6.10 Å². The molecule has 2 aliphatic rings. The first-order chi connectivity index (χ1) is 8.22. The fraction of sp³-hybridized carbons (Fsp3) is 0.571. The van der Waals surface area contributed by atoms with Gasteiger partial charge in [-0.3, -0.25) is 0 Å². The minimum Gasteiger partial charge on any atom is -0.508 e. The highest BCUT2D eigenvalue weighted by Gasteiger charge is 2.40. The Morgan fingerprint density at radius 1 is 1.18 bits per heavy atom.